The number of thiophene rings is 1. The summed E-state index contributed by atoms with van der Waals surface area (Å²) in [6.07, 6.45) is 7.29. The van der Waals surface area contributed by atoms with E-state index < -0.39 is 0 Å². The van der Waals surface area contributed by atoms with E-state index in [1.54, 1.807) is 35.3 Å². The largest absolute Gasteiger partial charge is 0.322 e. The first-order valence-corrected chi connectivity index (χ1v) is 7.72. The molecule has 1 heterocycles. The Morgan fingerprint density at radius 2 is 2.10 bits per heavy atom. The Morgan fingerprint density at radius 1 is 1.35 bits per heavy atom. The SMILES string of the molecule is C#Cc1cc(C#N)cc(NC(=O)c2csc(SC)c2)c1. The molecule has 0 radical (unpaired) electrons. The molecule has 3 nitrogen and oxygen atoms in total. The van der Waals surface area contributed by atoms with Gasteiger partial charge in [-0.3, -0.25) is 4.79 Å². The van der Waals surface area contributed by atoms with Crippen LogP contribution in [0.1, 0.15) is 21.5 Å². The average Bonchev–Trinajstić information content (AvgIpc) is 2.95. The maximum absolute atomic E-state index is 12.1. The Labute approximate surface area is 125 Å². The number of thioether (sulfide) groups is 1. The highest BCUT2D eigenvalue weighted by Crippen LogP contribution is 2.24. The Bertz CT molecular complexity index is 703. The van der Waals surface area contributed by atoms with Crippen molar-refractivity contribution in [3.8, 4) is 18.4 Å². The molecule has 1 aromatic carbocycles. The molecule has 0 atom stereocenters. The van der Waals surface area contributed by atoms with Gasteiger partial charge >= 0.3 is 0 Å². The summed E-state index contributed by atoms with van der Waals surface area (Å²) in [5.41, 5.74) is 2.11. The molecule has 0 saturated carbocycles. The lowest BCUT2D eigenvalue weighted by Gasteiger charge is -2.05. The second-order valence-corrected chi connectivity index (χ2v) is 5.89. The summed E-state index contributed by atoms with van der Waals surface area (Å²) in [5.74, 6) is 2.26. The Kier molecular flexibility index (Phi) is 4.47. The van der Waals surface area contributed by atoms with Crippen molar-refractivity contribution in [2.24, 2.45) is 0 Å². The molecule has 1 amide bonds. The lowest BCUT2D eigenvalue weighted by Crippen LogP contribution is -2.11. The number of rotatable bonds is 3. The van der Waals surface area contributed by atoms with Gasteiger partial charge < -0.3 is 5.32 Å². The summed E-state index contributed by atoms with van der Waals surface area (Å²) in [4.78, 5) is 12.1. The molecule has 0 saturated heterocycles. The summed E-state index contributed by atoms with van der Waals surface area (Å²) >= 11 is 3.12. The number of nitrogens with zero attached hydrogens (tertiary/aromatic N) is 1. The third-order valence-electron chi connectivity index (χ3n) is 2.53. The molecule has 1 aromatic heterocycles. The molecule has 98 valence electrons. The zero-order chi connectivity index (χ0) is 14.5. The van der Waals surface area contributed by atoms with Gasteiger partial charge in [0.25, 0.3) is 5.91 Å². The number of nitriles is 1. The van der Waals surface area contributed by atoms with Crippen LogP contribution < -0.4 is 5.32 Å². The molecule has 0 aliphatic carbocycles. The van der Waals surface area contributed by atoms with E-state index in [1.807, 2.05) is 18.4 Å². The van der Waals surface area contributed by atoms with Gasteiger partial charge in [0, 0.05) is 16.6 Å². The number of carbonyl (C=O) groups is 1. The standard InChI is InChI=1S/C15H10N2OS2/c1-3-10-4-11(8-16)6-13(5-10)17-15(18)12-7-14(19-2)20-9-12/h1,4-7,9H,2H3,(H,17,18). The van der Waals surface area contributed by atoms with Crippen LogP contribution in [0.25, 0.3) is 0 Å². The van der Waals surface area contributed by atoms with Crippen molar-refractivity contribution in [3.63, 3.8) is 0 Å². The molecule has 0 bridgehead atoms. The van der Waals surface area contributed by atoms with Crippen LogP contribution in [-0.4, -0.2) is 12.2 Å². The molecular formula is C15H10N2OS2. The quantitative estimate of drug-likeness (QED) is 0.696. The Balaban J connectivity index is 2.23. The number of amides is 1. The summed E-state index contributed by atoms with van der Waals surface area (Å²) in [6, 6.07) is 8.72. The van der Waals surface area contributed by atoms with Gasteiger partial charge in [0.2, 0.25) is 0 Å². The molecule has 0 fully saturated rings. The van der Waals surface area contributed by atoms with Crippen molar-refractivity contribution in [2.75, 3.05) is 11.6 Å². The van der Waals surface area contributed by atoms with Crippen LogP contribution in [0.2, 0.25) is 0 Å². The Hall–Kier alpha value is -2.21. The molecule has 5 heteroatoms. The molecular weight excluding hydrogens is 288 g/mol. The van der Waals surface area contributed by atoms with Crippen LogP contribution in [-0.2, 0) is 0 Å². The van der Waals surface area contributed by atoms with Crippen LogP contribution in [0.5, 0.6) is 0 Å². The van der Waals surface area contributed by atoms with Crippen LogP contribution in [0, 0.1) is 23.7 Å². The zero-order valence-electron chi connectivity index (χ0n) is 10.6. The minimum atomic E-state index is -0.209. The highest BCUT2D eigenvalue weighted by Gasteiger charge is 2.10. The van der Waals surface area contributed by atoms with Gasteiger partial charge in [0.05, 0.1) is 21.4 Å². The highest BCUT2D eigenvalue weighted by molar-refractivity contribution is 8.00. The number of hydrogen-bond acceptors (Lipinski definition) is 4. The smallest absolute Gasteiger partial charge is 0.256 e. The first kappa shape index (κ1) is 14.2. The van der Waals surface area contributed by atoms with Gasteiger partial charge in [-0.1, -0.05) is 5.92 Å². The second-order valence-electron chi connectivity index (χ2n) is 3.87. The molecule has 0 unspecified atom stereocenters. The van der Waals surface area contributed by atoms with E-state index >= 15 is 0 Å². The van der Waals surface area contributed by atoms with Gasteiger partial charge in [0.15, 0.2) is 0 Å². The topological polar surface area (TPSA) is 52.9 Å². The van der Waals surface area contributed by atoms with Gasteiger partial charge in [-0.15, -0.1) is 29.5 Å². The van der Waals surface area contributed by atoms with Crippen LogP contribution >= 0.6 is 23.1 Å². The van der Waals surface area contributed by atoms with Crippen molar-refractivity contribution in [1.82, 2.24) is 0 Å². The lowest BCUT2D eigenvalue weighted by molar-refractivity contribution is 0.102. The summed E-state index contributed by atoms with van der Waals surface area (Å²) in [7, 11) is 0. The monoisotopic (exact) mass is 298 g/mol. The molecule has 0 spiro atoms. The third kappa shape index (κ3) is 3.21. The summed E-state index contributed by atoms with van der Waals surface area (Å²) in [5, 5.41) is 13.5. The van der Waals surface area contributed by atoms with E-state index in [9.17, 15) is 4.79 Å². The maximum Gasteiger partial charge on any atom is 0.256 e. The van der Waals surface area contributed by atoms with E-state index in [0.717, 1.165) is 4.21 Å². The normalized spacial score (nSPS) is 9.55. The molecule has 0 aliphatic rings. The molecule has 20 heavy (non-hydrogen) atoms. The minimum absolute atomic E-state index is 0.209. The summed E-state index contributed by atoms with van der Waals surface area (Å²) < 4.78 is 1.07. The van der Waals surface area contributed by atoms with Crippen LogP contribution in [0.4, 0.5) is 5.69 Å². The number of anilines is 1. The minimum Gasteiger partial charge on any atom is -0.322 e. The predicted octanol–water partition coefficient (Wildman–Crippen LogP) is 3.58. The maximum atomic E-state index is 12.1. The van der Waals surface area contributed by atoms with Gasteiger partial charge in [-0.25, -0.2) is 0 Å². The number of carbonyl (C=O) groups excluding carboxylic acids is 1. The Morgan fingerprint density at radius 3 is 2.70 bits per heavy atom. The fraction of sp³-hybridized carbons (Fsp3) is 0.0667. The van der Waals surface area contributed by atoms with Gasteiger partial charge in [-0.05, 0) is 30.5 Å². The van der Waals surface area contributed by atoms with Crippen LogP contribution in [0.15, 0.2) is 33.9 Å². The van der Waals surface area contributed by atoms with Crippen molar-refractivity contribution in [1.29, 1.82) is 5.26 Å². The van der Waals surface area contributed by atoms with Gasteiger partial charge in [0.1, 0.15) is 0 Å². The van der Waals surface area contributed by atoms with E-state index in [-0.39, 0.29) is 5.91 Å². The zero-order valence-corrected chi connectivity index (χ0v) is 12.3. The predicted molar refractivity (Wildman–Crippen MR) is 83.1 cm³/mol. The number of nitrogens with one attached hydrogen (secondary N) is 1. The lowest BCUT2D eigenvalue weighted by atomic mass is 10.1. The van der Waals surface area contributed by atoms with Crippen molar-refractivity contribution in [2.45, 2.75) is 4.21 Å². The number of terminal acetylenes is 1. The first-order chi connectivity index (χ1) is 9.66. The van der Waals surface area contributed by atoms with E-state index in [2.05, 4.69) is 11.2 Å². The fourth-order valence-electron chi connectivity index (χ4n) is 1.59. The van der Waals surface area contributed by atoms with Crippen molar-refractivity contribution < 1.29 is 4.79 Å². The number of benzene rings is 1. The average molecular weight is 298 g/mol. The van der Waals surface area contributed by atoms with E-state index in [4.69, 9.17) is 11.7 Å². The van der Waals surface area contributed by atoms with Crippen LogP contribution in [0.3, 0.4) is 0 Å². The van der Waals surface area contributed by atoms with E-state index in [1.165, 1.54) is 11.3 Å². The third-order valence-corrected chi connectivity index (χ3v) is 4.56. The first-order valence-electron chi connectivity index (χ1n) is 5.62. The fourth-order valence-corrected chi connectivity index (χ4v) is 2.98. The van der Waals surface area contributed by atoms with Gasteiger partial charge in [-0.2, -0.15) is 5.26 Å². The number of hydrogen-bond donors (Lipinski definition) is 1. The second kappa shape index (κ2) is 6.29. The van der Waals surface area contributed by atoms with E-state index in [0.29, 0.717) is 22.4 Å². The summed E-state index contributed by atoms with van der Waals surface area (Å²) in [6.45, 7) is 0. The molecule has 2 rings (SSSR count). The van der Waals surface area contributed by atoms with Crippen molar-refractivity contribution >= 4 is 34.7 Å². The highest BCUT2D eigenvalue weighted by atomic mass is 32.2. The van der Waals surface area contributed by atoms with Crippen molar-refractivity contribution in [3.05, 3.63) is 46.3 Å². The molecule has 0 aliphatic heterocycles. The molecule has 2 aromatic rings. The molecule has 1 N–H and O–H groups in total.